The molecule has 1 saturated carbocycles. The number of aromatic nitrogens is 6. The van der Waals surface area contributed by atoms with Crippen LogP contribution in [0, 0.1) is 19.3 Å². The van der Waals surface area contributed by atoms with Gasteiger partial charge in [0.15, 0.2) is 5.78 Å². The lowest BCUT2D eigenvalue weighted by molar-refractivity contribution is -0.133. The van der Waals surface area contributed by atoms with Gasteiger partial charge in [-0.3, -0.25) is 29.0 Å². The molecule has 0 bridgehead atoms. The highest BCUT2D eigenvalue weighted by Crippen LogP contribution is 2.59. The van der Waals surface area contributed by atoms with Crippen LogP contribution < -0.4 is 0 Å². The van der Waals surface area contributed by atoms with E-state index < -0.39 is 6.04 Å². The summed E-state index contributed by atoms with van der Waals surface area (Å²) in [6.07, 6.45) is 6.45. The molecule has 6 rings (SSSR count). The standard InChI is InChI=1S/C28H27N7O3/c1-15-26-19(9-21(32-15)18-12-30-17(3)31-13-18)25(16(2)36)33-34(26)14-24(37)35-22(10-28(4)11-23(28)35)27(38)20-7-5-6-8-29-20/h5-9,12-13,22-23H,10-11,14H2,1-4H3/t22-,23+,28-/m0/s1. The second kappa shape index (κ2) is 8.61. The third-order valence-corrected chi connectivity index (χ3v) is 7.74. The SMILES string of the molecule is CC(=O)c1nn(CC(=O)N2[C@H](C(=O)c3ccccn3)C[C@@]3(C)C[C@@H]23)c2c(C)nc(-c3cnc(C)nc3)cc12. The number of rotatable bonds is 6. The summed E-state index contributed by atoms with van der Waals surface area (Å²) < 4.78 is 1.55. The summed E-state index contributed by atoms with van der Waals surface area (Å²) in [5.74, 6) is 0.0817. The van der Waals surface area contributed by atoms with Gasteiger partial charge in [-0.1, -0.05) is 13.0 Å². The molecule has 0 spiro atoms. The Morgan fingerprint density at radius 1 is 1.08 bits per heavy atom. The van der Waals surface area contributed by atoms with Crippen molar-refractivity contribution in [2.75, 3.05) is 0 Å². The Bertz CT molecular complexity index is 1610. The molecule has 1 amide bonds. The summed E-state index contributed by atoms with van der Waals surface area (Å²) in [5.41, 5.74) is 3.15. The highest BCUT2D eigenvalue weighted by Gasteiger charge is 2.64. The van der Waals surface area contributed by atoms with Gasteiger partial charge in [0, 0.05) is 42.5 Å². The molecule has 1 aliphatic heterocycles. The maximum absolute atomic E-state index is 13.8. The number of pyridine rings is 2. The first kappa shape index (κ1) is 24.0. The Morgan fingerprint density at radius 3 is 2.53 bits per heavy atom. The Morgan fingerprint density at radius 2 is 1.84 bits per heavy atom. The maximum Gasteiger partial charge on any atom is 0.245 e. The van der Waals surface area contributed by atoms with Crippen LogP contribution in [0.5, 0.6) is 0 Å². The van der Waals surface area contributed by atoms with Gasteiger partial charge in [0.1, 0.15) is 23.8 Å². The van der Waals surface area contributed by atoms with E-state index in [2.05, 4.69) is 27.0 Å². The number of likely N-dealkylation sites (tertiary alicyclic amines) is 1. The largest absolute Gasteiger partial charge is 0.327 e. The minimum Gasteiger partial charge on any atom is -0.327 e. The average molecular weight is 510 g/mol. The number of nitrogens with zero attached hydrogens (tertiary/aromatic N) is 7. The van der Waals surface area contributed by atoms with Crippen LogP contribution in [0.1, 0.15) is 59.2 Å². The normalized spacial score (nSPS) is 21.9. The molecular weight excluding hydrogens is 482 g/mol. The van der Waals surface area contributed by atoms with E-state index >= 15 is 0 Å². The Kier molecular flexibility index (Phi) is 5.44. The van der Waals surface area contributed by atoms with Gasteiger partial charge < -0.3 is 4.90 Å². The fourth-order valence-electron chi connectivity index (χ4n) is 5.69. The zero-order valence-corrected chi connectivity index (χ0v) is 21.7. The minimum absolute atomic E-state index is 0.00845. The summed E-state index contributed by atoms with van der Waals surface area (Å²) in [6.45, 7) is 7.10. The summed E-state index contributed by atoms with van der Waals surface area (Å²) in [7, 11) is 0. The fourth-order valence-corrected chi connectivity index (χ4v) is 5.69. The molecular formula is C28H27N7O3. The van der Waals surface area contributed by atoms with Crippen LogP contribution >= 0.6 is 0 Å². The highest BCUT2D eigenvalue weighted by atomic mass is 16.2. The van der Waals surface area contributed by atoms with E-state index in [1.165, 1.54) is 6.92 Å². The van der Waals surface area contributed by atoms with E-state index in [1.807, 2.05) is 6.92 Å². The van der Waals surface area contributed by atoms with Crippen LogP contribution in [0.15, 0.2) is 42.9 Å². The number of fused-ring (bicyclic) bond motifs is 2. The van der Waals surface area contributed by atoms with Crippen LogP contribution in [0.2, 0.25) is 0 Å². The van der Waals surface area contributed by atoms with Gasteiger partial charge in [-0.15, -0.1) is 0 Å². The van der Waals surface area contributed by atoms with Gasteiger partial charge >= 0.3 is 0 Å². The van der Waals surface area contributed by atoms with Crippen LogP contribution in [0.4, 0.5) is 0 Å². The van der Waals surface area contributed by atoms with Crippen LogP contribution in [0.25, 0.3) is 22.2 Å². The molecule has 1 saturated heterocycles. The van der Waals surface area contributed by atoms with E-state index in [-0.39, 0.29) is 41.2 Å². The van der Waals surface area contributed by atoms with Gasteiger partial charge in [-0.25, -0.2) is 9.97 Å². The number of carbonyl (C=O) groups excluding carboxylic acids is 3. The predicted octanol–water partition coefficient (Wildman–Crippen LogP) is 3.37. The Labute approximate surface area is 219 Å². The molecule has 4 aromatic heterocycles. The molecule has 10 heteroatoms. The topological polar surface area (TPSA) is 124 Å². The van der Waals surface area contributed by atoms with Crippen molar-refractivity contribution in [3.63, 3.8) is 0 Å². The van der Waals surface area contributed by atoms with Crippen molar-refractivity contribution in [2.24, 2.45) is 5.41 Å². The summed E-state index contributed by atoms with van der Waals surface area (Å²) in [6, 6.07) is 6.45. The number of amides is 1. The highest BCUT2D eigenvalue weighted by molar-refractivity contribution is 6.06. The molecule has 0 unspecified atom stereocenters. The molecule has 1 aliphatic carbocycles. The van der Waals surface area contributed by atoms with E-state index in [9.17, 15) is 14.4 Å². The molecule has 3 atom stereocenters. The van der Waals surface area contributed by atoms with Crippen LogP contribution in [0.3, 0.4) is 0 Å². The lowest BCUT2D eigenvalue weighted by atomic mass is 9.97. The van der Waals surface area contributed by atoms with Gasteiger partial charge in [0.25, 0.3) is 0 Å². The number of hydrogen-bond acceptors (Lipinski definition) is 8. The van der Waals surface area contributed by atoms with E-state index in [0.29, 0.717) is 40.2 Å². The van der Waals surface area contributed by atoms with Crippen molar-refractivity contribution < 1.29 is 14.4 Å². The van der Waals surface area contributed by atoms with Crippen molar-refractivity contribution in [3.8, 4) is 11.3 Å². The van der Waals surface area contributed by atoms with Gasteiger partial charge in [0.2, 0.25) is 11.7 Å². The zero-order chi connectivity index (χ0) is 26.8. The third kappa shape index (κ3) is 3.87. The van der Waals surface area contributed by atoms with Crippen molar-refractivity contribution in [1.29, 1.82) is 0 Å². The van der Waals surface area contributed by atoms with Gasteiger partial charge in [0.05, 0.1) is 22.9 Å². The number of ketones is 2. The van der Waals surface area contributed by atoms with Crippen molar-refractivity contribution >= 4 is 28.4 Å². The molecule has 0 N–H and O–H groups in total. The second-order valence-corrected chi connectivity index (χ2v) is 10.5. The fraction of sp³-hybridized carbons (Fsp3) is 0.357. The second-order valence-electron chi connectivity index (χ2n) is 10.5. The number of aryl methyl sites for hydroxylation is 2. The number of piperidine rings is 1. The molecule has 10 nitrogen and oxygen atoms in total. The molecule has 38 heavy (non-hydrogen) atoms. The van der Waals surface area contributed by atoms with E-state index in [0.717, 1.165) is 12.0 Å². The van der Waals surface area contributed by atoms with Crippen molar-refractivity contribution in [2.45, 2.75) is 59.2 Å². The van der Waals surface area contributed by atoms with Crippen LogP contribution in [-0.2, 0) is 11.3 Å². The first-order valence-electron chi connectivity index (χ1n) is 12.6. The van der Waals surface area contributed by atoms with E-state index in [4.69, 9.17) is 4.98 Å². The first-order chi connectivity index (χ1) is 18.2. The number of hydrogen-bond donors (Lipinski definition) is 0. The monoisotopic (exact) mass is 509 g/mol. The summed E-state index contributed by atoms with van der Waals surface area (Å²) in [4.78, 5) is 58.8. The molecule has 2 fully saturated rings. The van der Waals surface area contributed by atoms with Gasteiger partial charge in [-0.05, 0) is 50.3 Å². The summed E-state index contributed by atoms with van der Waals surface area (Å²) >= 11 is 0. The molecule has 5 heterocycles. The van der Waals surface area contributed by atoms with Crippen LogP contribution in [-0.4, -0.2) is 64.2 Å². The molecule has 2 aliphatic rings. The lowest BCUT2D eigenvalue weighted by Crippen LogP contribution is -2.45. The number of Topliss-reactive ketones (excluding diaryl/α,β-unsaturated/α-hetero) is 2. The van der Waals surface area contributed by atoms with Gasteiger partial charge in [-0.2, -0.15) is 5.10 Å². The smallest absolute Gasteiger partial charge is 0.245 e. The minimum atomic E-state index is -0.567. The van der Waals surface area contributed by atoms with Crippen molar-refractivity contribution in [3.05, 3.63) is 65.8 Å². The molecule has 0 aromatic carbocycles. The average Bonchev–Trinajstić information content (AvgIpc) is 3.25. The lowest BCUT2D eigenvalue weighted by Gasteiger charge is -2.26. The van der Waals surface area contributed by atoms with Crippen molar-refractivity contribution in [1.82, 2.24) is 34.6 Å². The van der Waals surface area contributed by atoms with E-state index in [1.54, 1.807) is 59.4 Å². The summed E-state index contributed by atoms with van der Waals surface area (Å²) in [5, 5.41) is 5.16. The zero-order valence-electron chi connectivity index (χ0n) is 21.7. The third-order valence-electron chi connectivity index (χ3n) is 7.74. The predicted molar refractivity (Wildman–Crippen MR) is 138 cm³/mol. The molecule has 0 radical (unpaired) electrons. The molecule has 4 aromatic rings. The Hall–Kier alpha value is -4.34. The Balaban J connectivity index is 1.36. The quantitative estimate of drug-likeness (QED) is 0.363. The first-order valence-corrected chi connectivity index (χ1v) is 12.6. The number of carbonyl (C=O) groups is 3. The molecule has 192 valence electrons. The maximum atomic E-state index is 13.8.